The van der Waals surface area contributed by atoms with Crippen LogP contribution in [0.15, 0.2) is 18.2 Å². The zero-order chi connectivity index (χ0) is 8.39. The molecule has 0 bridgehead atoms. The Morgan fingerprint density at radius 2 is 2.17 bits per heavy atom. The van der Waals surface area contributed by atoms with Gasteiger partial charge in [-0.1, -0.05) is 6.07 Å². The third-order valence-electron chi connectivity index (χ3n) is 1.63. The lowest BCUT2D eigenvalue weighted by Crippen LogP contribution is -1.79. The van der Waals surface area contributed by atoms with E-state index in [1.54, 1.807) is 0 Å². The SMILES string of the molecule is CSCc1ccc2nsnc2c1. The highest BCUT2D eigenvalue weighted by Gasteiger charge is 1.98. The Morgan fingerprint density at radius 3 is 3.00 bits per heavy atom. The molecule has 12 heavy (non-hydrogen) atoms. The van der Waals surface area contributed by atoms with Gasteiger partial charge in [0.2, 0.25) is 0 Å². The first-order valence-electron chi connectivity index (χ1n) is 3.60. The molecule has 2 rings (SSSR count). The van der Waals surface area contributed by atoms with E-state index in [2.05, 4.69) is 27.1 Å². The predicted molar refractivity (Wildman–Crippen MR) is 54.6 cm³/mol. The second kappa shape index (κ2) is 3.41. The van der Waals surface area contributed by atoms with Crippen molar-refractivity contribution in [3.05, 3.63) is 23.8 Å². The topological polar surface area (TPSA) is 25.8 Å². The number of hydrogen-bond donors (Lipinski definition) is 0. The van der Waals surface area contributed by atoms with Crippen LogP contribution >= 0.6 is 23.5 Å². The first-order valence-corrected chi connectivity index (χ1v) is 5.73. The average molecular weight is 196 g/mol. The number of rotatable bonds is 2. The number of hydrogen-bond acceptors (Lipinski definition) is 4. The molecule has 0 aliphatic heterocycles. The van der Waals surface area contributed by atoms with E-state index in [0.29, 0.717) is 0 Å². The lowest BCUT2D eigenvalue weighted by molar-refractivity contribution is 1.43. The molecule has 4 heteroatoms. The van der Waals surface area contributed by atoms with Gasteiger partial charge < -0.3 is 0 Å². The van der Waals surface area contributed by atoms with Gasteiger partial charge in [-0.15, -0.1) is 0 Å². The van der Waals surface area contributed by atoms with Crippen LogP contribution in [0.25, 0.3) is 11.0 Å². The molecule has 0 aliphatic rings. The van der Waals surface area contributed by atoms with Crippen LogP contribution in [0.4, 0.5) is 0 Å². The molecule has 0 N–H and O–H groups in total. The van der Waals surface area contributed by atoms with Crippen LogP contribution in [0.2, 0.25) is 0 Å². The smallest absolute Gasteiger partial charge is 0.105 e. The third kappa shape index (κ3) is 1.44. The molecule has 0 radical (unpaired) electrons. The van der Waals surface area contributed by atoms with Crippen molar-refractivity contribution in [1.29, 1.82) is 0 Å². The van der Waals surface area contributed by atoms with Crippen LogP contribution in [-0.4, -0.2) is 15.0 Å². The maximum absolute atomic E-state index is 4.18. The fourth-order valence-corrected chi connectivity index (χ4v) is 2.11. The maximum Gasteiger partial charge on any atom is 0.105 e. The highest BCUT2D eigenvalue weighted by molar-refractivity contribution is 7.97. The fraction of sp³-hybridized carbons (Fsp3) is 0.250. The zero-order valence-electron chi connectivity index (χ0n) is 6.65. The molecule has 0 saturated heterocycles. The normalized spacial score (nSPS) is 10.8. The van der Waals surface area contributed by atoms with Crippen molar-refractivity contribution in [1.82, 2.24) is 8.75 Å². The Balaban J connectivity index is 2.46. The zero-order valence-corrected chi connectivity index (χ0v) is 8.28. The number of thioether (sulfide) groups is 1. The highest BCUT2D eigenvalue weighted by Crippen LogP contribution is 2.16. The third-order valence-corrected chi connectivity index (χ3v) is 2.81. The second-order valence-corrected chi connectivity index (χ2v) is 3.91. The van der Waals surface area contributed by atoms with E-state index in [9.17, 15) is 0 Å². The molecule has 0 atom stereocenters. The summed E-state index contributed by atoms with van der Waals surface area (Å²) in [5, 5.41) is 0. The number of benzene rings is 1. The Kier molecular flexibility index (Phi) is 2.28. The molecule has 2 nitrogen and oxygen atoms in total. The molecule has 2 aromatic rings. The van der Waals surface area contributed by atoms with Gasteiger partial charge in [-0.3, -0.25) is 0 Å². The van der Waals surface area contributed by atoms with E-state index in [1.807, 2.05) is 17.8 Å². The van der Waals surface area contributed by atoms with Gasteiger partial charge in [0.05, 0.1) is 11.7 Å². The van der Waals surface area contributed by atoms with Crippen LogP contribution in [0.5, 0.6) is 0 Å². The van der Waals surface area contributed by atoms with Gasteiger partial charge in [0, 0.05) is 5.75 Å². The number of fused-ring (bicyclic) bond motifs is 1. The lowest BCUT2D eigenvalue weighted by atomic mass is 10.2. The summed E-state index contributed by atoms with van der Waals surface area (Å²) in [5.41, 5.74) is 3.35. The minimum absolute atomic E-state index is 1.00. The lowest BCUT2D eigenvalue weighted by Gasteiger charge is -1.95. The fourth-order valence-electron chi connectivity index (χ4n) is 1.08. The van der Waals surface area contributed by atoms with E-state index in [0.717, 1.165) is 16.8 Å². The Hall–Kier alpha value is -0.610. The molecular weight excluding hydrogens is 188 g/mol. The van der Waals surface area contributed by atoms with Gasteiger partial charge >= 0.3 is 0 Å². The van der Waals surface area contributed by atoms with E-state index in [-0.39, 0.29) is 0 Å². The molecule has 0 spiro atoms. The molecule has 1 heterocycles. The van der Waals surface area contributed by atoms with Gasteiger partial charge in [0.25, 0.3) is 0 Å². The van der Waals surface area contributed by atoms with Crippen molar-refractivity contribution >= 4 is 34.5 Å². The van der Waals surface area contributed by atoms with E-state index in [4.69, 9.17) is 0 Å². The van der Waals surface area contributed by atoms with Gasteiger partial charge in [-0.05, 0) is 24.0 Å². The van der Waals surface area contributed by atoms with E-state index in [1.165, 1.54) is 17.3 Å². The summed E-state index contributed by atoms with van der Waals surface area (Å²) in [4.78, 5) is 0. The first-order chi connectivity index (χ1) is 5.90. The molecule has 1 aromatic heterocycles. The van der Waals surface area contributed by atoms with E-state index < -0.39 is 0 Å². The predicted octanol–water partition coefficient (Wildman–Crippen LogP) is 2.55. The molecule has 0 unspecified atom stereocenters. The number of aromatic nitrogens is 2. The van der Waals surface area contributed by atoms with Crippen molar-refractivity contribution in [2.45, 2.75) is 5.75 Å². The van der Waals surface area contributed by atoms with Gasteiger partial charge in [-0.25, -0.2) is 0 Å². The summed E-state index contributed by atoms with van der Waals surface area (Å²) < 4.78 is 8.33. The summed E-state index contributed by atoms with van der Waals surface area (Å²) in [6.07, 6.45) is 2.10. The second-order valence-electron chi connectivity index (χ2n) is 2.52. The molecule has 62 valence electrons. The standard InChI is InChI=1S/C8H8N2S2/c1-11-5-6-2-3-7-8(4-6)10-12-9-7/h2-4H,5H2,1H3. The van der Waals surface area contributed by atoms with Crippen LogP contribution in [0.3, 0.4) is 0 Å². The van der Waals surface area contributed by atoms with Crippen LogP contribution < -0.4 is 0 Å². The van der Waals surface area contributed by atoms with Crippen LogP contribution in [0.1, 0.15) is 5.56 Å². The molecule has 0 fully saturated rings. The van der Waals surface area contributed by atoms with Crippen LogP contribution in [-0.2, 0) is 5.75 Å². The Labute approximate surface area is 79.3 Å². The molecule has 0 aliphatic carbocycles. The van der Waals surface area contributed by atoms with Crippen molar-refractivity contribution in [2.75, 3.05) is 6.26 Å². The van der Waals surface area contributed by atoms with Gasteiger partial charge in [0.1, 0.15) is 11.0 Å². The summed E-state index contributed by atoms with van der Waals surface area (Å²) in [6.45, 7) is 0. The maximum atomic E-state index is 4.18. The summed E-state index contributed by atoms with van der Waals surface area (Å²) in [7, 11) is 0. The van der Waals surface area contributed by atoms with Crippen molar-refractivity contribution in [3.63, 3.8) is 0 Å². The molecule has 0 saturated carbocycles. The van der Waals surface area contributed by atoms with Gasteiger partial charge in [0.15, 0.2) is 0 Å². The Morgan fingerprint density at radius 1 is 1.33 bits per heavy atom. The highest BCUT2D eigenvalue weighted by atomic mass is 32.2. The minimum atomic E-state index is 1.00. The number of nitrogens with zero attached hydrogens (tertiary/aromatic N) is 2. The van der Waals surface area contributed by atoms with Crippen molar-refractivity contribution < 1.29 is 0 Å². The minimum Gasteiger partial charge on any atom is -0.173 e. The molecule has 1 aromatic carbocycles. The van der Waals surface area contributed by atoms with Crippen LogP contribution in [0, 0.1) is 0 Å². The summed E-state index contributed by atoms with van der Waals surface area (Å²) >= 11 is 3.09. The van der Waals surface area contributed by atoms with Crippen molar-refractivity contribution in [2.24, 2.45) is 0 Å². The van der Waals surface area contributed by atoms with Gasteiger partial charge in [-0.2, -0.15) is 20.5 Å². The van der Waals surface area contributed by atoms with Crippen molar-refractivity contribution in [3.8, 4) is 0 Å². The Bertz CT molecular complexity index is 383. The first kappa shape index (κ1) is 8.01. The summed E-state index contributed by atoms with van der Waals surface area (Å²) in [5.74, 6) is 1.05. The van der Waals surface area contributed by atoms with E-state index >= 15 is 0 Å². The quantitative estimate of drug-likeness (QED) is 0.738. The summed E-state index contributed by atoms with van der Waals surface area (Å²) in [6, 6.07) is 6.25. The monoisotopic (exact) mass is 196 g/mol. The largest absolute Gasteiger partial charge is 0.173 e. The molecule has 0 amide bonds. The average Bonchev–Trinajstić information content (AvgIpc) is 2.51. The molecular formula is C8H8N2S2.